The van der Waals surface area contributed by atoms with E-state index < -0.39 is 16.0 Å². The molecule has 76 valence electrons. The third kappa shape index (κ3) is 1.38. The minimum Gasteiger partial charge on any atom is -0.344 e. The third-order valence-electron chi connectivity index (χ3n) is 2.27. The van der Waals surface area contributed by atoms with Crippen LogP contribution in [0.15, 0.2) is 35.3 Å². The van der Waals surface area contributed by atoms with Crippen LogP contribution in [0.5, 0.6) is 0 Å². The van der Waals surface area contributed by atoms with Crippen LogP contribution in [0.4, 0.5) is 5.69 Å². The number of para-hydroxylation sites is 1. The molecule has 15 heavy (non-hydrogen) atoms. The average molecular weight is 204 g/mol. The number of benzene rings is 1. The van der Waals surface area contributed by atoms with Gasteiger partial charge in [0.15, 0.2) is 0 Å². The van der Waals surface area contributed by atoms with Crippen molar-refractivity contribution < 1.29 is 4.92 Å². The summed E-state index contributed by atoms with van der Waals surface area (Å²) >= 11 is 0. The smallest absolute Gasteiger partial charge is 0.332 e. The number of fused-ring (bicyclic) bond motifs is 1. The maximum Gasteiger partial charge on any atom is 0.332 e. The lowest BCUT2D eigenvalue weighted by molar-refractivity contribution is -0.386. The highest BCUT2D eigenvalue weighted by Gasteiger charge is 2.15. The standard InChI is InChI=1S/C10H8N2O3/c1-11-6-9(12(14)15)10(13)7-4-2-3-5-8(7)11/h2-6H,1H3. The molecule has 0 saturated carbocycles. The van der Waals surface area contributed by atoms with E-state index >= 15 is 0 Å². The molecule has 0 spiro atoms. The second kappa shape index (κ2) is 3.20. The highest BCUT2D eigenvalue weighted by Crippen LogP contribution is 2.13. The summed E-state index contributed by atoms with van der Waals surface area (Å²) in [6.45, 7) is 0. The lowest BCUT2D eigenvalue weighted by Crippen LogP contribution is -2.12. The van der Waals surface area contributed by atoms with Crippen LogP contribution in [-0.4, -0.2) is 9.49 Å². The Labute approximate surface area is 84.7 Å². The number of rotatable bonds is 1. The Hall–Kier alpha value is -2.17. The number of hydrogen-bond acceptors (Lipinski definition) is 3. The van der Waals surface area contributed by atoms with E-state index in [1.54, 1.807) is 35.9 Å². The Morgan fingerprint density at radius 2 is 2.00 bits per heavy atom. The quantitative estimate of drug-likeness (QED) is 0.521. The van der Waals surface area contributed by atoms with Crippen molar-refractivity contribution in [3.8, 4) is 0 Å². The van der Waals surface area contributed by atoms with Crippen molar-refractivity contribution in [1.29, 1.82) is 0 Å². The van der Waals surface area contributed by atoms with Gasteiger partial charge in [0, 0.05) is 7.05 Å². The van der Waals surface area contributed by atoms with Gasteiger partial charge < -0.3 is 4.57 Å². The topological polar surface area (TPSA) is 65.1 Å². The van der Waals surface area contributed by atoms with Crippen LogP contribution < -0.4 is 5.43 Å². The molecule has 0 atom stereocenters. The van der Waals surface area contributed by atoms with Gasteiger partial charge in [0.25, 0.3) is 5.43 Å². The van der Waals surface area contributed by atoms with Crippen molar-refractivity contribution >= 4 is 16.6 Å². The first-order chi connectivity index (χ1) is 7.11. The molecule has 0 aliphatic carbocycles. The minimum absolute atomic E-state index is 0.370. The number of aromatic nitrogens is 1. The molecule has 0 aliphatic rings. The van der Waals surface area contributed by atoms with Crippen LogP contribution in [0.3, 0.4) is 0 Å². The lowest BCUT2D eigenvalue weighted by atomic mass is 10.2. The first kappa shape index (κ1) is 9.39. The highest BCUT2D eigenvalue weighted by atomic mass is 16.6. The molecule has 1 aromatic carbocycles. The van der Waals surface area contributed by atoms with E-state index in [-0.39, 0.29) is 0 Å². The number of nitrogens with zero attached hydrogens (tertiary/aromatic N) is 2. The fourth-order valence-electron chi connectivity index (χ4n) is 1.55. The van der Waals surface area contributed by atoms with Crippen LogP contribution in [0.25, 0.3) is 10.9 Å². The van der Waals surface area contributed by atoms with E-state index in [0.29, 0.717) is 10.9 Å². The minimum atomic E-state index is -0.658. The van der Waals surface area contributed by atoms with Crippen molar-refractivity contribution in [3.05, 3.63) is 50.8 Å². The Morgan fingerprint density at radius 3 is 2.67 bits per heavy atom. The number of hydrogen-bond donors (Lipinski definition) is 0. The Bertz CT molecular complexity index is 601. The molecule has 5 heteroatoms. The fraction of sp³-hybridized carbons (Fsp3) is 0.100. The maximum atomic E-state index is 11.7. The molecule has 1 heterocycles. The van der Waals surface area contributed by atoms with Gasteiger partial charge in [0.2, 0.25) is 0 Å². The van der Waals surface area contributed by atoms with Crippen LogP contribution in [-0.2, 0) is 7.05 Å². The summed E-state index contributed by atoms with van der Waals surface area (Å²) in [5, 5.41) is 11.0. The molecular weight excluding hydrogens is 196 g/mol. The normalized spacial score (nSPS) is 10.5. The molecule has 0 N–H and O–H groups in total. The summed E-state index contributed by atoms with van der Waals surface area (Å²) in [6, 6.07) is 6.81. The van der Waals surface area contributed by atoms with Gasteiger partial charge in [0.1, 0.15) is 0 Å². The Balaban J connectivity index is 2.97. The predicted octanol–water partition coefficient (Wildman–Crippen LogP) is 1.45. The number of nitro groups is 1. The van der Waals surface area contributed by atoms with Crippen molar-refractivity contribution in [1.82, 2.24) is 4.57 Å². The molecule has 1 aromatic heterocycles. The van der Waals surface area contributed by atoms with Gasteiger partial charge in [-0.3, -0.25) is 14.9 Å². The van der Waals surface area contributed by atoms with Gasteiger partial charge in [0.05, 0.1) is 22.0 Å². The van der Waals surface area contributed by atoms with Crippen LogP contribution in [0, 0.1) is 10.1 Å². The van der Waals surface area contributed by atoms with Crippen LogP contribution >= 0.6 is 0 Å². The molecule has 2 aromatic rings. The second-order valence-electron chi connectivity index (χ2n) is 3.23. The number of aryl methyl sites for hydroxylation is 1. The zero-order valence-electron chi connectivity index (χ0n) is 8.01. The molecule has 0 bridgehead atoms. The van der Waals surface area contributed by atoms with E-state index in [9.17, 15) is 14.9 Å². The summed E-state index contributed by atoms with van der Waals surface area (Å²) in [7, 11) is 1.68. The lowest BCUT2D eigenvalue weighted by Gasteiger charge is -2.03. The largest absolute Gasteiger partial charge is 0.344 e. The van der Waals surface area contributed by atoms with E-state index in [2.05, 4.69) is 0 Å². The second-order valence-corrected chi connectivity index (χ2v) is 3.23. The molecule has 0 fully saturated rings. The zero-order chi connectivity index (χ0) is 11.0. The van der Waals surface area contributed by atoms with E-state index in [4.69, 9.17) is 0 Å². The molecular formula is C10H8N2O3. The van der Waals surface area contributed by atoms with E-state index in [1.165, 1.54) is 6.20 Å². The molecule has 0 radical (unpaired) electrons. The molecule has 0 saturated heterocycles. The molecule has 0 unspecified atom stereocenters. The first-order valence-corrected chi connectivity index (χ1v) is 4.34. The van der Waals surface area contributed by atoms with Crippen LogP contribution in [0.2, 0.25) is 0 Å². The van der Waals surface area contributed by atoms with Crippen molar-refractivity contribution in [3.63, 3.8) is 0 Å². The molecule has 2 rings (SSSR count). The zero-order valence-corrected chi connectivity index (χ0v) is 8.01. The van der Waals surface area contributed by atoms with Gasteiger partial charge >= 0.3 is 5.69 Å². The average Bonchev–Trinajstić information content (AvgIpc) is 2.23. The van der Waals surface area contributed by atoms with E-state index in [0.717, 1.165) is 0 Å². The SMILES string of the molecule is Cn1cc([N+](=O)[O-])c(=O)c2ccccc21. The number of pyridine rings is 1. The predicted molar refractivity (Wildman–Crippen MR) is 55.8 cm³/mol. The summed E-state index contributed by atoms with van der Waals surface area (Å²) in [5.74, 6) is 0. The van der Waals surface area contributed by atoms with Gasteiger partial charge in [-0.1, -0.05) is 12.1 Å². The molecule has 0 aliphatic heterocycles. The first-order valence-electron chi connectivity index (χ1n) is 4.34. The van der Waals surface area contributed by atoms with Gasteiger partial charge in [-0.2, -0.15) is 0 Å². The summed E-state index contributed by atoms with van der Waals surface area (Å²) < 4.78 is 1.58. The third-order valence-corrected chi connectivity index (χ3v) is 2.27. The maximum absolute atomic E-state index is 11.7. The van der Waals surface area contributed by atoms with Gasteiger partial charge in [-0.15, -0.1) is 0 Å². The Kier molecular flexibility index (Phi) is 2.00. The van der Waals surface area contributed by atoms with Crippen molar-refractivity contribution in [2.45, 2.75) is 0 Å². The van der Waals surface area contributed by atoms with Crippen molar-refractivity contribution in [2.75, 3.05) is 0 Å². The summed E-state index contributed by atoms with van der Waals surface area (Å²) in [6.07, 6.45) is 1.24. The van der Waals surface area contributed by atoms with Gasteiger partial charge in [-0.25, -0.2) is 0 Å². The van der Waals surface area contributed by atoms with Crippen molar-refractivity contribution in [2.24, 2.45) is 7.05 Å². The Morgan fingerprint density at radius 1 is 1.33 bits per heavy atom. The van der Waals surface area contributed by atoms with E-state index in [1.807, 2.05) is 0 Å². The summed E-state index contributed by atoms with van der Waals surface area (Å²) in [4.78, 5) is 21.6. The monoisotopic (exact) mass is 204 g/mol. The highest BCUT2D eigenvalue weighted by molar-refractivity contribution is 5.80. The molecule has 0 amide bonds. The summed E-state index contributed by atoms with van der Waals surface area (Å²) in [5.41, 5.74) is -0.238. The molecule has 5 nitrogen and oxygen atoms in total. The van der Waals surface area contributed by atoms with Gasteiger partial charge in [-0.05, 0) is 12.1 Å². The van der Waals surface area contributed by atoms with Crippen LogP contribution in [0.1, 0.15) is 0 Å². The fourth-order valence-corrected chi connectivity index (χ4v) is 1.55.